The van der Waals surface area contributed by atoms with Gasteiger partial charge in [0.15, 0.2) is 0 Å². The Morgan fingerprint density at radius 2 is 1.84 bits per heavy atom. The number of likely N-dealkylation sites (tertiary alicyclic amines) is 1. The van der Waals surface area contributed by atoms with Crippen LogP contribution in [0.2, 0.25) is 0 Å². The Morgan fingerprint density at radius 1 is 1.06 bits per heavy atom. The van der Waals surface area contributed by atoms with Crippen LogP contribution in [-0.4, -0.2) is 45.7 Å². The number of imidazole rings is 1. The number of ether oxygens (including phenoxy) is 1. The number of aldehydes is 1. The predicted octanol–water partition coefficient (Wildman–Crippen LogP) is 8.94. The lowest BCUT2D eigenvalue weighted by molar-refractivity contribution is -0.179. The van der Waals surface area contributed by atoms with Gasteiger partial charge in [0.2, 0.25) is 5.91 Å². The van der Waals surface area contributed by atoms with Crippen molar-refractivity contribution in [2.45, 2.75) is 143 Å². The van der Waals surface area contributed by atoms with Crippen molar-refractivity contribution in [3.63, 3.8) is 0 Å². The Bertz CT molecular complexity index is 1460. The van der Waals surface area contributed by atoms with E-state index in [9.17, 15) is 27.6 Å². The summed E-state index contributed by atoms with van der Waals surface area (Å²) in [5, 5.41) is 0. The highest BCUT2D eigenvalue weighted by Gasteiger charge is 2.65. The summed E-state index contributed by atoms with van der Waals surface area (Å²) >= 11 is 0. The predicted molar refractivity (Wildman–Crippen MR) is 182 cm³/mol. The summed E-state index contributed by atoms with van der Waals surface area (Å²) < 4.78 is 46.2. The Balaban J connectivity index is 1.05. The minimum absolute atomic E-state index is 0.0287. The molecule has 13 atom stereocenters. The average Bonchev–Trinajstić information content (AvgIpc) is 3.85. The van der Waals surface area contributed by atoms with Crippen LogP contribution in [0.1, 0.15) is 142 Å². The van der Waals surface area contributed by atoms with E-state index < -0.39 is 23.3 Å². The molecule has 0 spiro atoms. The highest BCUT2D eigenvalue weighted by molar-refractivity contribution is 5.84. The normalized spacial score (nSPS) is 43.3. The average molecular weight is 702 g/mol. The Hall–Kier alpha value is -2.39. The number of rotatable bonds is 8. The molecule has 7 nitrogen and oxygen atoms in total. The summed E-state index contributed by atoms with van der Waals surface area (Å²) in [6.45, 7) is 12.0. The van der Waals surface area contributed by atoms with E-state index in [1.165, 1.54) is 12.8 Å². The van der Waals surface area contributed by atoms with Gasteiger partial charge in [0.25, 0.3) is 0 Å². The number of aromatic nitrogens is 2. The molecule has 1 aliphatic heterocycles. The second-order valence-corrected chi connectivity index (χ2v) is 18.2. The molecule has 0 radical (unpaired) electrons. The van der Waals surface area contributed by atoms with Gasteiger partial charge in [0.05, 0.1) is 29.7 Å². The Morgan fingerprint density at radius 3 is 2.54 bits per heavy atom. The van der Waals surface area contributed by atoms with Crippen molar-refractivity contribution in [3.05, 3.63) is 17.7 Å². The molecular formula is C40H58F3N3O4. The molecule has 1 amide bonds. The van der Waals surface area contributed by atoms with Crippen molar-refractivity contribution >= 4 is 18.2 Å². The number of fused-ring (bicyclic) bond motifs is 5. The third kappa shape index (κ3) is 5.66. The first-order chi connectivity index (χ1) is 23.6. The molecule has 1 aromatic rings. The summed E-state index contributed by atoms with van der Waals surface area (Å²) in [7, 11) is 0. The number of nitrogens with one attached hydrogen (secondary N) is 1. The van der Waals surface area contributed by atoms with Crippen LogP contribution in [0.5, 0.6) is 0 Å². The smallest absolute Gasteiger partial charge is 0.432 e. The number of halogens is 3. The summed E-state index contributed by atoms with van der Waals surface area (Å²) in [6.07, 6.45) is 10.6. The Kier molecular flexibility index (Phi) is 9.30. The molecule has 1 N–H and O–H groups in total. The monoisotopic (exact) mass is 701 g/mol. The molecule has 5 aliphatic carbocycles. The maximum Gasteiger partial charge on any atom is 0.432 e. The third-order valence-electron chi connectivity index (χ3n) is 16.1. The quantitative estimate of drug-likeness (QED) is 0.216. The molecule has 1 aromatic heterocycles. The molecule has 7 rings (SSSR count). The van der Waals surface area contributed by atoms with Gasteiger partial charge in [-0.1, -0.05) is 34.1 Å². The van der Waals surface area contributed by atoms with Gasteiger partial charge in [0.1, 0.15) is 17.8 Å². The topological polar surface area (TPSA) is 92.4 Å². The first-order valence-electron chi connectivity index (χ1n) is 19.7. The van der Waals surface area contributed by atoms with E-state index in [1.807, 2.05) is 18.7 Å². The summed E-state index contributed by atoms with van der Waals surface area (Å²) in [5.74, 6) is 2.67. The first-order valence-corrected chi connectivity index (χ1v) is 19.7. The molecule has 0 bridgehead atoms. The van der Waals surface area contributed by atoms with Crippen molar-refractivity contribution in [3.8, 4) is 0 Å². The van der Waals surface area contributed by atoms with E-state index in [1.54, 1.807) is 0 Å². The number of H-pyrrole nitrogens is 1. The van der Waals surface area contributed by atoms with Crippen LogP contribution in [0, 0.1) is 63.6 Å². The van der Waals surface area contributed by atoms with Crippen LogP contribution < -0.4 is 0 Å². The fraction of sp³-hybridized carbons (Fsp3) is 0.850. The largest absolute Gasteiger partial charge is 0.462 e. The van der Waals surface area contributed by atoms with E-state index in [0.717, 1.165) is 76.7 Å². The van der Waals surface area contributed by atoms with Gasteiger partial charge < -0.3 is 19.4 Å². The van der Waals surface area contributed by atoms with Crippen LogP contribution in [0.25, 0.3) is 0 Å². The lowest BCUT2D eigenvalue weighted by Crippen LogP contribution is -2.60. The van der Waals surface area contributed by atoms with Gasteiger partial charge in [-0.2, -0.15) is 13.2 Å². The molecule has 6 aliphatic rings. The van der Waals surface area contributed by atoms with Gasteiger partial charge in [0, 0.05) is 12.5 Å². The van der Waals surface area contributed by atoms with Gasteiger partial charge in [-0.25, -0.2) is 4.98 Å². The number of hydrogen-bond acceptors (Lipinski definition) is 5. The molecule has 5 saturated carbocycles. The number of carbonyl (C=O) groups is 3. The third-order valence-corrected chi connectivity index (χ3v) is 16.1. The second-order valence-electron chi connectivity index (χ2n) is 18.2. The van der Waals surface area contributed by atoms with E-state index in [-0.39, 0.29) is 52.4 Å². The van der Waals surface area contributed by atoms with Gasteiger partial charge >= 0.3 is 12.1 Å². The minimum Gasteiger partial charge on any atom is -0.462 e. The SMILES string of the molecule is CC(CCC1(C)C(C)CCC2(C)C3CCC4(C(=O)N5CCCC5c5ncc(C(F)(F)F)[nH]5)CCCC4C3CCC12)OC(=O)C1CC(C=O)C1C. The first kappa shape index (κ1) is 36.0. The van der Waals surface area contributed by atoms with Gasteiger partial charge in [-0.3, -0.25) is 9.59 Å². The van der Waals surface area contributed by atoms with Gasteiger partial charge in [-0.15, -0.1) is 0 Å². The highest BCUT2D eigenvalue weighted by atomic mass is 19.4. The number of nitrogens with zero attached hydrogens (tertiary/aromatic N) is 2. The molecular weight excluding hydrogens is 643 g/mol. The zero-order chi connectivity index (χ0) is 35.8. The van der Waals surface area contributed by atoms with Crippen molar-refractivity contribution in [2.24, 2.45) is 63.6 Å². The number of hydrogen-bond donors (Lipinski definition) is 1. The van der Waals surface area contributed by atoms with Crippen LogP contribution >= 0.6 is 0 Å². The second kappa shape index (κ2) is 12.9. The van der Waals surface area contributed by atoms with Crippen molar-refractivity contribution in [1.29, 1.82) is 0 Å². The maximum atomic E-state index is 14.7. The van der Waals surface area contributed by atoms with Gasteiger partial charge in [-0.05, 0) is 137 Å². The van der Waals surface area contributed by atoms with Crippen LogP contribution in [-0.2, 0) is 25.3 Å². The van der Waals surface area contributed by atoms with E-state index in [4.69, 9.17) is 4.74 Å². The zero-order valence-electron chi connectivity index (χ0n) is 30.7. The molecule has 278 valence electrons. The molecule has 13 unspecified atom stereocenters. The van der Waals surface area contributed by atoms with E-state index in [2.05, 4.69) is 30.7 Å². The molecule has 10 heteroatoms. The van der Waals surface area contributed by atoms with Crippen molar-refractivity contribution < 1.29 is 32.3 Å². The molecule has 50 heavy (non-hydrogen) atoms. The van der Waals surface area contributed by atoms with Crippen LogP contribution in [0.3, 0.4) is 0 Å². The van der Waals surface area contributed by atoms with E-state index in [0.29, 0.717) is 49.0 Å². The number of esters is 1. The van der Waals surface area contributed by atoms with Crippen molar-refractivity contribution in [2.75, 3.05) is 6.54 Å². The fourth-order valence-corrected chi connectivity index (χ4v) is 13.0. The van der Waals surface area contributed by atoms with Crippen LogP contribution in [0.4, 0.5) is 13.2 Å². The molecule has 6 fully saturated rings. The lowest BCUT2D eigenvalue weighted by atomic mass is 9.39. The summed E-state index contributed by atoms with van der Waals surface area (Å²) in [4.78, 5) is 47.4. The Labute approximate surface area is 295 Å². The summed E-state index contributed by atoms with van der Waals surface area (Å²) in [5.41, 5.74) is -0.950. The minimum atomic E-state index is -4.49. The standard InChI is InChI=1S/C40H58F3N3O4/c1-23-12-16-38(5)29-14-18-39(36(49)46-19-7-9-31(46)34-44-21-33(45-34)40(41,42)43)15-6-8-30(39)27(29)10-11-32(38)37(23,4)17-13-24(2)50-35(48)28-20-26(22-47)25(28)3/h21-32H,6-20H2,1-5H3,(H,44,45). The molecule has 1 saturated heterocycles. The number of carbonyl (C=O) groups excluding carboxylic acids is 3. The lowest BCUT2D eigenvalue weighted by Gasteiger charge is -2.65. The maximum absolute atomic E-state index is 14.7. The molecule has 2 heterocycles. The van der Waals surface area contributed by atoms with Crippen LogP contribution in [0.15, 0.2) is 6.20 Å². The van der Waals surface area contributed by atoms with Crippen molar-refractivity contribution in [1.82, 2.24) is 14.9 Å². The zero-order valence-corrected chi connectivity index (χ0v) is 30.7. The number of aromatic amines is 1. The fourth-order valence-electron chi connectivity index (χ4n) is 13.0. The number of alkyl halides is 3. The number of amides is 1. The molecule has 0 aromatic carbocycles. The highest BCUT2D eigenvalue weighted by Crippen LogP contribution is 2.70. The van der Waals surface area contributed by atoms with E-state index >= 15 is 0 Å². The summed E-state index contributed by atoms with van der Waals surface area (Å²) in [6, 6.07) is -0.423.